The fraction of sp³-hybridized carbons (Fsp3) is 0.889. The predicted octanol–water partition coefficient (Wildman–Crippen LogP) is 1.81. The second kappa shape index (κ2) is 5.05. The molecule has 1 saturated heterocycles. The average molecular weight is 227 g/mol. The molecule has 0 aliphatic carbocycles. The maximum atomic E-state index is 11.4. The number of carbonyl (C=O) groups is 1. The molecule has 0 spiro atoms. The number of nitrogens with zero attached hydrogens (tertiary/aromatic N) is 4. The number of carbonyl (C=O) groups excluding carboxylic acids is 1. The van der Waals surface area contributed by atoms with E-state index in [2.05, 4.69) is 15.5 Å². The monoisotopic (exact) mass is 227 g/mol. The lowest BCUT2D eigenvalue weighted by molar-refractivity contribution is 0.0364. The maximum Gasteiger partial charge on any atom is 0.422 e. The van der Waals surface area contributed by atoms with Crippen molar-refractivity contribution in [3.8, 4) is 0 Å². The van der Waals surface area contributed by atoms with E-state index in [-0.39, 0.29) is 6.04 Å². The molecule has 1 heterocycles. The van der Waals surface area contributed by atoms with Gasteiger partial charge in [-0.1, -0.05) is 5.11 Å². The predicted molar refractivity (Wildman–Crippen MR) is 58.5 cm³/mol. The third-order valence-corrected chi connectivity index (χ3v) is 2.03. The molecule has 7 heteroatoms. The second-order valence-electron chi connectivity index (χ2n) is 4.71. The Bertz CT molecular complexity index is 306. The Labute approximate surface area is 94.3 Å². The summed E-state index contributed by atoms with van der Waals surface area (Å²) >= 11 is 0. The number of nitrogens with one attached hydrogen (secondary N) is 1. The zero-order chi connectivity index (χ0) is 12.2. The second-order valence-corrected chi connectivity index (χ2v) is 4.71. The SMILES string of the molecule is CC(C)(C)OC(=O)NN1CC[C@@H](N=[N+]=[N-])C1. The van der Waals surface area contributed by atoms with E-state index in [0.717, 1.165) is 6.42 Å². The summed E-state index contributed by atoms with van der Waals surface area (Å²) in [5.41, 5.74) is 10.4. The van der Waals surface area contributed by atoms with E-state index in [0.29, 0.717) is 13.1 Å². The molecule has 7 nitrogen and oxygen atoms in total. The van der Waals surface area contributed by atoms with Gasteiger partial charge in [-0.3, -0.25) is 5.43 Å². The van der Waals surface area contributed by atoms with Crippen molar-refractivity contribution in [1.29, 1.82) is 0 Å². The van der Waals surface area contributed by atoms with Gasteiger partial charge < -0.3 is 4.74 Å². The Hall–Kier alpha value is -1.46. The number of hydrazine groups is 1. The minimum absolute atomic E-state index is 0.0695. The Morgan fingerprint density at radius 2 is 2.31 bits per heavy atom. The highest BCUT2D eigenvalue weighted by Crippen LogP contribution is 2.11. The number of azide groups is 1. The molecule has 1 fully saturated rings. The van der Waals surface area contributed by atoms with Gasteiger partial charge in [0.2, 0.25) is 0 Å². The first-order valence-corrected chi connectivity index (χ1v) is 5.19. The molecule has 16 heavy (non-hydrogen) atoms. The molecule has 90 valence electrons. The van der Waals surface area contributed by atoms with Crippen molar-refractivity contribution in [2.24, 2.45) is 5.11 Å². The molecule has 1 atom stereocenters. The van der Waals surface area contributed by atoms with E-state index in [1.165, 1.54) is 0 Å². The van der Waals surface area contributed by atoms with Crippen LogP contribution in [0.3, 0.4) is 0 Å². The summed E-state index contributed by atoms with van der Waals surface area (Å²) in [6.07, 6.45) is 0.272. The Morgan fingerprint density at radius 1 is 1.62 bits per heavy atom. The molecule has 0 bridgehead atoms. The molecule has 1 N–H and O–H groups in total. The number of hydrogen-bond acceptors (Lipinski definition) is 4. The molecule has 1 amide bonds. The number of hydrogen-bond donors (Lipinski definition) is 1. The molecule has 1 aliphatic heterocycles. The Balaban J connectivity index is 2.34. The van der Waals surface area contributed by atoms with E-state index in [1.807, 2.05) is 0 Å². The summed E-state index contributed by atoms with van der Waals surface area (Å²) in [5, 5.41) is 5.30. The van der Waals surface area contributed by atoms with Crippen LogP contribution in [0.5, 0.6) is 0 Å². The van der Waals surface area contributed by atoms with Crippen molar-refractivity contribution in [3.63, 3.8) is 0 Å². The van der Waals surface area contributed by atoms with Crippen LogP contribution in [0, 0.1) is 0 Å². The third-order valence-electron chi connectivity index (χ3n) is 2.03. The third kappa shape index (κ3) is 4.37. The summed E-state index contributed by atoms with van der Waals surface area (Å²) in [6.45, 7) is 6.62. The summed E-state index contributed by atoms with van der Waals surface area (Å²) in [5.74, 6) is 0. The maximum absolute atomic E-state index is 11.4. The first-order chi connectivity index (χ1) is 7.40. The number of ether oxygens (including phenoxy) is 1. The van der Waals surface area contributed by atoms with Crippen molar-refractivity contribution >= 4 is 6.09 Å². The zero-order valence-electron chi connectivity index (χ0n) is 9.80. The first kappa shape index (κ1) is 12.6. The van der Waals surface area contributed by atoms with E-state index in [1.54, 1.807) is 25.8 Å². The average Bonchev–Trinajstić information content (AvgIpc) is 2.49. The van der Waals surface area contributed by atoms with Crippen LogP contribution in [-0.4, -0.2) is 35.8 Å². The molecular weight excluding hydrogens is 210 g/mol. The van der Waals surface area contributed by atoms with Gasteiger partial charge >= 0.3 is 6.09 Å². The minimum Gasteiger partial charge on any atom is -0.443 e. The van der Waals surface area contributed by atoms with E-state index < -0.39 is 11.7 Å². The molecule has 0 aromatic heterocycles. The molecule has 0 saturated carbocycles. The van der Waals surface area contributed by atoms with Crippen molar-refractivity contribution in [3.05, 3.63) is 10.4 Å². The lowest BCUT2D eigenvalue weighted by Crippen LogP contribution is -2.43. The number of rotatable bonds is 2. The minimum atomic E-state index is -0.506. The van der Waals surface area contributed by atoms with Crippen molar-refractivity contribution in [2.75, 3.05) is 13.1 Å². The normalized spacial score (nSPS) is 21.3. The summed E-state index contributed by atoms with van der Waals surface area (Å²) in [7, 11) is 0. The van der Waals surface area contributed by atoms with Crippen LogP contribution in [0.15, 0.2) is 5.11 Å². The smallest absolute Gasteiger partial charge is 0.422 e. The van der Waals surface area contributed by atoms with Gasteiger partial charge in [0, 0.05) is 18.0 Å². The Morgan fingerprint density at radius 3 is 2.88 bits per heavy atom. The highest BCUT2D eigenvalue weighted by atomic mass is 16.6. The van der Waals surface area contributed by atoms with Gasteiger partial charge in [-0.15, -0.1) is 0 Å². The molecule has 0 aromatic carbocycles. The molecular formula is C9H17N5O2. The van der Waals surface area contributed by atoms with Crippen LogP contribution in [0.4, 0.5) is 4.79 Å². The van der Waals surface area contributed by atoms with Gasteiger partial charge in [0.05, 0.1) is 6.04 Å². The summed E-state index contributed by atoms with van der Waals surface area (Å²) in [4.78, 5) is 14.1. The van der Waals surface area contributed by atoms with Gasteiger partial charge in [-0.2, -0.15) is 0 Å². The van der Waals surface area contributed by atoms with Crippen LogP contribution in [0.25, 0.3) is 10.4 Å². The summed E-state index contributed by atoms with van der Waals surface area (Å²) in [6, 6.07) is -0.0695. The van der Waals surface area contributed by atoms with Gasteiger partial charge in [-0.05, 0) is 32.7 Å². The lowest BCUT2D eigenvalue weighted by Gasteiger charge is -2.23. The van der Waals surface area contributed by atoms with Gasteiger partial charge in [0.1, 0.15) is 5.60 Å². The topological polar surface area (TPSA) is 90.3 Å². The van der Waals surface area contributed by atoms with E-state index in [9.17, 15) is 4.79 Å². The van der Waals surface area contributed by atoms with Crippen LogP contribution < -0.4 is 5.43 Å². The first-order valence-electron chi connectivity index (χ1n) is 5.19. The largest absolute Gasteiger partial charge is 0.443 e. The van der Waals surface area contributed by atoms with Gasteiger partial charge in [0.25, 0.3) is 0 Å². The van der Waals surface area contributed by atoms with Gasteiger partial charge in [-0.25, -0.2) is 9.80 Å². The molecule has 0 radical (unpaired) electrons. The summed E-state index contributed by atoms with van der Waals surface area (Å²) < 4.78 is 5.10. The van der Waals surface area contributed by atoms with Crippen LogP contribution in [-0.2, 0) is 4.74 Å². The Kier molecular flexibility index (Phi) is 3.98. The van der Waals surface area contributed by atoms with Crippen molar-refractivity contribution < 1.29 is 9.53 Å². The van der Waals surface area contributed by atoms with Crippen LogP contribution in [0.2, 0.25) is 0 Å². The van der Waals surface area contributed by atoms with Crippen molar-refractivity contribution in [2.45, 2.75) is 38.8 Å². The quantitative estimate of drug-likeness (QED) is 0.443. The number of amides is 1. The molecule has 0 unspecified atom stereocenters. The van der Waals surface area contributed by atoms with Crippen LogP contribution in [0.1, 0.15) is 27.2 Å². The van der Waals surface area contributed by atoms with E-state index in [4.69, 9.17) is 10.3 Å². The standard InChI is InChI=1S/C9H17N5O2/c1-9(2,3)16-8(15)12-14-5-4-7(6-14)11-13-10/h7H,4-6H2,1-3H3,(H,12,15)/t7-/m1/s1. The molecule has 0 aromatic rings. The molecule has 1 rings (SSSR count). The zero-order valence-corrected chi connectivity index (χ0v) is 9.80. The fourth-order valence-corrected chi connectivity index (χ4v) is 1.44. The van der Waals surface area contributed by atoms with Crippen LogP contribution >= 0.6 is 0 Å². The molecule has 1 aliphatic rings. The van der Waals surface area contributed by atoms with E-state index >= 15 is 0 Å². The highest BCUT2D eigenvalue weighted by Gasteiger charge is 2.24. The highest BCUT2D eigenvalue weighted by molar-refractivity contribution is 5.67. The van der Waals surface area contributed by atoms with Crippen molar-refractivity contribution in [1.82, 2.24) is 10.4 Å². The fourth-order valence-electron chi connectivity index (χ4n) is 1.44. The lowest BCUT2D eigenvalue weighted by atomic mass is 10.2. The van der Waals surface area contributed by atoms with Gasteiger partial charge in [0.15, 0.2) is 0 Å².